The Labute approximate surface area is 76.4 Å². The molecular weight excluding hydrogens is 184 g/mol. The van der Waals surface area contributed by atoms with E-state index >= 15 is 0 Å². The van der Waals surface area contributed by atoms with Gasteiger partial charge in [0.05, 0.1) is 0 Å². The molecule has 64 valence electrons. The Morgan fingerprint density at radius 2 is 2.36 bits per heavy atom. The molecule has 0 spiro atoms. The Bertz CT molecular complexity index is 147. The van der Waals surface area contributed by atoms with Crippen molar-refractivity contribution in [1.29, 1.82) is 0 Å². The molecule has 11 heavy (non-hydrogen) atoms. The van der Waals surface area contributed by atoms with E-state index in [-0.39, 0.29) is 6.10 Å². The van der Waals surface area contributed by atoms with E-state index in [1.54, 1.807) is 0 Å². The number of amides is 1. The lowest BCUT2D eigenvalue weighted by molar-refractivity contribution is 0.104. The fourth-order valence-corrected chi connectivity index (χ4v) is 1.01. The molecule has 0 radical (unpaired) electrons. The first kappa shape index (κ1) is 9.02. The largest absolute Gasteiger partial charge is 0.443 e. The zero-order chi connectivity index (χ0) is 8.27. The molecule has 0 bridgehead atoms. The summed E-state index contributed by atoms with van der Waals surface area (Å²) in [6, 6.07) is 0. The maximum atomic E-state index is 10.8. The molecule has 1 fully saturated rings. The van der Waals surface area contributed by atoms with Gasteiger partial charge >= 0.3 is 6.09 Å². The van der Waals surface area contributed by atoms with Gasteiger partial charge in [-0.15, -0.1) is 0 Å². The molecule has 0 saturated carbocycles. The molecule has 1 aliphatic rings. The van der Waals surface area contributed by atoms with Crippen molar-refractivity contribution >= 4 is 31.7 Å². The zero-order valence-corrected chi connectivity index (χ0v) is 7.65. The van der Waals surface area contributed by atoms with Gasteiger partial charge in [-0.3, -0.25) is 0 Å². The van der Waals surface area contributed by atoms with Crippen LogP contribution in [0.25, 0.3) is 0 Å². The van der Waals surface area contributed by atoms with E-state index in [9.17, 15) is 4.79 Å². The predicted octanol–water partition coefficient (Wildman–Crippen LogP) is 0.476. The summed E-state index contributed by atoms with van der Waals surface area (Å²) in [5, 5.41) is 3.07. The Hall–Kier alpha value is -0.0700. The van der Waals surface area contributed by atoms with Crippen LogP contribution >= 0.6 is 25.6 Å². The Morgan fingerprint density at radius 1 is 1.64 bits per heavy atom. The number of carbonyl (C=O) groups is 1. The van der Waals surface area contributed by atoms with Crippen LogP contribution in [0.4, 0.5) is 4.79 Å². The zero-order valence-electron chi connectivity index (χ0n) is 5.86. The minimum Gasteiger partial charge on any atom is -0.443 e. The Balaban J connectivity index is 2.24. The maximum Gasteiger partial charge on any atom is 0.430 e. The summed E-state index contributed by atoms with van der Waals surface area (Å²) in [6.45, 7) is 1.62. The molecule has 1 aliphatic heterocycles. The summed E-state index contributed by atoms with van der Waals surface area (Å²) in [4.78, 5) is 10.8. The van der Waals surface area contributed by atoms with Crippen molar-refractivity contribution in [3.8, 4) is 0 Å². The molecule has 4 nitrogen and oxygen atoms in total. The first-order chi connectivity index (χ1) is 5.20. The van der Waals surface area contributed by atoms with Crippen LogP contribution < -0.4 is 5.32 Å². The highest BCUT2D eigenvalue weighted by atomic mass is 32.2. The van der Waals surface area contributed by atoms with Crippen molar-refractivity contribution in [3.05, 3.63) is 0 Å². The minimum atomic E-state index is -0.523. The first-order valence-electron chi connectivity index (χ1n) is 3.29. The average molecular weight is 194 g/mol. The summed E-state index contributed by atoms with van der Waals surface area (Å²) in [5.74, 6) is 0. The van der Waals surface area contributed by atoms with Crippen LogP contribution in [0.1, 0.15) is 6.42 Å². The number of rotatable bonds is 1. The summed E-state index contributed by atoms with van der Waals surface area (Å²) < 4.78 is 5.78. The molecule has 0 aromatic heterocycles. The SMILES string of the molecule is O=C(OC1CCNC1)N(S)S. The summed E-state index contributed by atoms with van der Waals surface area (Å²) in [6.07, 6.45) is 0.316. The molecule has 6 heteroatoms. The van der Waals surface area contributed by atoms with Gasteiger partial charge in [0.25, 0.3) is 0 Å². The number of hydrogen-bond acceptors (Lipinski definition) is 5. The monoisotopic (exact) mass is 194 g/mol. The first-order valence-corrected chi connectivity index (χ1v) is 4.09. The van der Waals surface area contributed by atoms with Gasteiger partial charge in [-0.25, -0.2) is 4.79 Å². The van der Waals surface area contributed by atoms with Crippen LogP contribution in [0, 0.1) is 0 Å². The third kappa shape index (κ3) is 2.80. The maximum absolute atomic E-state index is 10.8. The van der Waals surface area contributed by atoms with Crippen molar-refractivity contribution in [2.45, 2.75) is 12.5 Å². The Morgan fingerprint density at radius 3 is 2.82 bits per heavy atom. The highest BCUT2D eigenvalue weighted by Gasteiger charge is 2.19. The van der Waals surface area contributed by atoms with E-state index in [2.05, 4.69) is 30.9 Å². The quantitative estimate of drug-likeness (QED) is 0.532. The highest BCUT2D eigenvalue weighted by molar-refractivity contribution is 7.94. The van der Waals surface area contributed by atoms with Crippen LogP contribution in [-0.2, 0) is 4.74 Å². The van der Waals surface area contributed by atoms with E-state index in [0.717, 1.165) is 23.2 Å². The van der Waals surface area contributed by atoms with E-state index in [0.29, 0.717) is 0 Å². The summed E-state index contributed by atoms with van der Waals surface area (Å²) in [7, 11) is 0. The van der Waals surface area contributed by atoms with E-state index in [1.807, 2.05) is 0 Å². The van der Waals surface area contributed by atoms with E-state index < -0.39 is 6.09 Å². The van der Waals surface area contributed by atoms with Crippen LogP contribution in [0.15, 0.2) is 0 Å². The molecule has 1 unspecified atom stereocenters. The fourth-order valence-electron chi connectivity index (χ4n) is 0.918. The molecule has 1 saturated heterocycles. The van der Waals surface area contributed by atoms with Gasteiger partial charge in [0.15, 0.2) is 0 Å². The molecule has 1 rings (SSSR count). The number of ether oxygens (including phenoxy) is 1. The summed E-state index contributed by atoms with van der Waals surface area (Å²) in [5.41, 5.74) is 0. The standard InChI is InChI=1S/C5H10N2O2S2/c8-5(7(10)11)9-4-1-2-6-3-4/h4,6,10-11H,1-3H2. The fraction of sp³-hybridized carbons (Fsp3) is 0.800. The molecule has 1 N–H and O–H groups in total. The number of nitrogens with one attached hydrogen (secondary N) is 1. The van der Waals surface area contributed by atoms with Crippen molar-refractivity contribution < 1.29 is 9.53 Å². The van der Waals surface area contributed by atoms with Crippen LogP contribution in [0.3, 0.4) is 0 Å². The normalized spacial score (nSPS) is 23.3. The molecule has 0 aromatic carbocycles. The van der Waals surface area contributed by atoms with E-state index in [1.165, 1.54) is 0 Å². The average Bonchev–Trinajstić information content (AvgIpc) is 2.39. The molecule has 0 aromatic rings. The van der Waals surface area contributed by atoms with Crippen molar-refractivity contribution in [3.63, 3.8) is 0 Å². The molecule has 1 heterocycles. The number of nitrogens with zero attached hydrogens (tertiary/aromatic N) is 1. The molecule has 1 amide bonds. The van der Waals surface area contributed by atoms with Crippen LogP contribution in [0.2, 0.25) is 0 Å². The van der Waals surface area contributed by atoms with Gasteiger partial charge in [0, 0.05) is 6.54 Å². The van der Waals surface area contributed by atoms with Gasteiger partial charge in [-0.1, -0.05) is 0 Å². The van der Waals surface area contributed by atoms with E-state index in [4.69, 9.17) is 4.74 Å². The lowest BCUT2D eigenvalue weighted by Crippen LogP contribution is -2.24. The van der Waals surface area contributed by atoms with Gasteiger partial charge in [-0.2, -0.15) is 3.71 Å². The minimum absolute atomic E-state index is 0.0238. The second-order valence-corrected chi connectivity index (χ2v) is 3.40. The number of hydrogen-bond donors (Lipinski definition) is 3. The highest BCUT2D eigenvalue weighted by Crippen LogP contribution is 2.08. The summed E-state index contributed by atoms with van der Waals surface area (Å²) >= 11 is 7.34. The second kappa shape index (κ2) is 4.08. The van der Waals surface area contributed by atoms with Gasteiger partial charge in [0.1, 0.15) is 6.10 Å². The van der Waals surface area contributed by atoms with Crippen LogP contribution in [0.5, 0.6) is 0 Å². The second-order valence-electron chi connectivity index (χ2n) is 2.29. The predicted molar refractivity (Wildman–Crippen MR) is 47.6 cm³/mol. The van der Waals surface area contributed by atoms with Crippen molar-refractivity contribution in [1.82, 2.24) is 9.03 Å². The third-order valence-corrected chi connectivity index (χ3v) is 1.77. The van der Waals surface area contributed by atoms with Crippen molar-refractivity contribution in [2.75, 3.05) is 13.1 Å². The smallest absolute Gasteiger partial charge is 0.430 e. The molecular formula is C5H10N2O2S2. The molecule has 1 atom stereocenters. The number of carbonyl (C=O) groups excluding carboxylic acids is 1. The lowest BCUT2D eigenvalue weighted by Gasteiger charge is -2.12. The van der Waals surface area contributed by atoms with Crippen LogP contribution in [-0.4, -0.2) is 29.0 Å². The van der Waals surface area contributed by atoms with Gasteiger partial charge in [0.2, 0.25) is 0 Å². The van der Waals surface area contributed by atoms with Crippen molar-refractivity contribution in [2.24, 2.45) is 0 Å². The lowest BCUT2D eigenvalue weighted by atomic mass is 10.3. The third-order valence-electron chi connectivity index (χ3n) is 1.45. The van der Waals surface area contributed by atoms with Gasteiger partial charge in [-0.05, 0) is 38.6 Å². The topological polar surface area (TPSA) is 41.6 Å². The van der Waals surface area contributed by atoms with Gasteiger partial charge < -0.3 is 10.1 Å². The number of thiol groups is 2. The Kier molecular flexibility index (Phi) is 3.35. The molecule has 0 aliphatic carbocycles.